The van der Waals surface area contributed by atoms with Crippen LogP contribution in [0.25, 0.3) is 0 Å². The first kappa shape index (κ1) is 18.2. The zero-order valence-electron chi connectivity index (χ0n) is 13.8. The maximum atomic E-state index is 13.7. The quantitative estimate of drug-likeness (QED) is 0.835. The largest absolute Gasteiger partial charge is 0.347 e. The normalized spacial score (nSPS) is 18.5. The summed E-state index contributed by atoms with van der Waals surface area (Å²) in [6.07, 6.45) is 0.337. The van der Waals surface area contributed by atoms with E-state index < -0.39 is 39.1 Å². The van der Waals surface area contributed by atoms with Gasteiger partial charge in [-0.25, -0.2) is 27.2 Å². The Morgan fingerprint density at radius 1 is 1.23 bits per heavy atom. The van der Waals surface area contributed by atoms with Crippen LogP contribution in [0.1, 0.15) is 22.6 Å². The molecule has 0 bridgehead atoms. The Kier molecular flexibility index (Phi) is 4.86. The molecule has 1 aromatic heterocycles. The predicted octanol–water partition coefficient (Wildman–Crippen LogP) is 1.72. The number of carbonyl (C=O) groups is 1. The van der Waals surface area contributed by atoms with Crippen molar-refractivity contribution >= 4 is 27.4 Å². The second-order valence-electron chi connectivity index (χ2n) is 6.01. The number of para-hydroxylation sites is 1. The number of nitrogens with one attached hydrogen (secondary N) is 2. The lowest BCUT2D eigenvalue weighted by Gasteiger charge is -2.12. The van der Waals surface area contributed by atoms with Crippen molar-refractivity contribution in [3.05, 3.63) is 47.3 Å². The second kappa shape index (κ2) is 6.94. The Hall–Kier alpha value is -2.62. The summed E-state index contributed by atoms with van der Waals surface area (Å²) in [5, 5.41) is 5.04. The van der Waals surface area contributed by atoms with Gasteiger partial charge < -0.3 is 10.6 Å². The number of anilines is 2. The number of nitrogens with zero attached hydrogens (tertiary/aromatic N) is 2. The Morgan fingerprint density at radius 2 is 1.92 bits per heavy atom. The molecule has 0 spiro atoms. The molecule has 2 N–H and O–H groups in total. The molecular weight excluding hydrogens is 366 g/mol. The molecule has 26 heavy (non-hydrogen) atoms. The summed E-state index contributed by atoms with van der Waals surface area (Å²) in [6.45, 7) is 1.60. The van der Waals surface area contributed by atoms with E-state index in [2.05, 4.69) is 20.6 Å². The van der Waals surface area contributed by atoms with E-state index in [1.165, 1.54) is 12.1 Å². The molecule has 1 aliphatic rings. The summed E-state index contributed by atoms with van der Waals surface area (Å²) < 4.78 is 50.4. The molecule has 0 saturated carbocycles. The number of amides is 1. The second-order valence-corrected chi connectivity index (χ2v) is 8.24. The van der Waals surface area contributed by atoms with E-state index in [0.29, 0.717) is 12.1 Å². The van der Waals surface area contributed by atoms with Crippen LogP contribution in [-0.2, 0) is 9.84 Å². The van der Waals surface area contributed by atoms with Crippen molar-refractivity contribution in [1.29, 1.82) is 0 Å². The molecule has 1 amide bonds. The highest BCUT2D eigenvalue weighted by atomic mass is 32.2. The number of sulfone groups is 1. The molecular formula is C16H16F2N4O3S. The molecule has 1 aromatic carbocycles. The van der Waals surface area contributed by atoms with Gasteiger partial charge in [0.05, 0.1) is 11.5 Å². The van der Waals surface area contributed by atoms with Crippen LogP contribution in [0.15, 0.2) is 24.3 Å². The first-order valence-electron chi connectivity index (χ1n) is 7.81. The number of carbonyl (C=O) groups excluding carboxylic acids is 1. The van der Waals surface area contributed by atoms with E-state index in [1.807, 2.05) is 0 Å². The first-order valence-corrected chi connectivity index (χ1v) is 9.64. The Labute approximate surface area is 148 Å². The van der Waals surface area contributed by atoms with Gasteiger partial charge in [0.25, 0.3) is 5.91 Å². The van der Waals surface area contributed by atoms with Gasteiger partial charge in [-0.05, 0) is 31.5 Å². The predicted molar refractivity (Wildman–Crippen MR) is 90.9 cm³/mol. The number of aromatic nitrogens is 2. The molecule has 2 heterocycles. The average Bonchev–Trinajstić information content (AvgIpc) is 2.89. The monoisotopic (exact) mass is 382 g/mol. The van der Waals surface area contributed by atoms with Crippen LogP contribution in [0.5, 0.6) is 0 Å². The minimum atomic E-state index is -3.13. The van der Waals surface area contributed by atoms with Gasteiger partial charge in [0.1, 0.15) is 23.0 Å². The lowest BCUT2D eigenvalue weighted by atomic mass is 10.2. The van der Waals surface area contributed by atoms with Crippen LogP contribution < -0.4 is 10.6 Å². The zero-order chi connectivity index (χ0) is 18.9. The molecule has 10 heteroatoms. The van der Waals surface area contributed by atoms with Crippen molar-refractivity contribution < 1.29 is 22.0 Å². The van der Waals surface area contributed by atoms with Crippen molar-refractivity contribution in [1.82, 2.24) is 15.3 Å². The molecule has 2 aromatic rings. The highest BCUT2D eigenvalue weighted by molar-refractivity contribution is 7.91. The van der Waals surface area contributed by atoms with Gasteiger partial charge >= 0.3 is 0 Å². The van der Waals surface area contributed by atoms with E-state index in [0.717, 1.165) is 12.1 Å². The highest BCUT2D eigenvalue weighted by Crippen LogP contribution is 2.21. The van der Waals surface area contributed by atoms with Crippen molar-refractivity contribution in [2.45, 2.75) is 19.4 Å². The fraction of sp³-hybridized carbons (Fsp3) is 0.312. The van der Waals surface area contributed by atoms with Gasteiger partial charge in [0.2, 0.25) is 5.95 Å². The third kappa shape index (κ3) is 4.13. The van der Waals surface area contributed by atoms with Crippen molar-refractivity contribution in [3.8, 4) is 0 Å². The number of benzene rings is 1. The topological polar surface area (TPSA) is 101 Å². The lowest BCUT2D eigenvalue weighted by Crippen LogP contribution is -2.36. The van der Waals surface area contributed by atoms with Crippen LogP contribution in [0, 0.1) is 18.6 Å². The molecule has 1 aliphatic heterocycles. The standard InChI is InChI=1S/C16H16F2N4O3S/c1-9-7-13(15(23)20-10-5-6-26(24,25)8-10)21-16(19-9)22-14-11(17)3-2-4-12(14)18/h2-4,7,10H,5-6,8H2,1H3,(H,20,23)(H,19,21,22). The van der Waals surface area contributed by atoms with Gasteiger partial charge in [-0.3, -0.25) is 4.79 Å². The number of hydrogen-bond donors (Lipinski definition) is 2. The smallest absolute Gasteiger partial charge is 0.270 e. The van der Waals surface area contributed by atoms with Crippen LogP contribution in [0.3, 0.4) is 0 Å². The van der Waals surface area contributed by atoms with Crippen molar-refractivity contribution in [2.24, 2.45) is 0 Å². The number of rotatable bonds is 4. The summed E-state index contributed by atoms with van der Waals surface area (Å²) in [6, 6.07) is 4.30. The van der Waals surface area contributed by atoms with E-state index in [1.54, 1.807) is 6.92 Å². The molecule has 7 nitrogen and oxygen atoms in total. The van der Waals surface area contributed by atoms with E-state index in [4.69, 9.17) is 0 Å². The third-order valence-corrected chi connectivity index (χ3v) is 5.62. The molecule has 138 valence electrons. The Balaban J connectivity index is 1.80. The van der Waals surface area contributed by atoms with E-state index in [-0.39, 0.29) is 23.1 Å². The van der Waals surface area contributed by atoms with Gasteiger partial charge in [-0.1, -0.05) is 6.07 Å². The molecule has 1 unspecified atom stereocenters. The van der Waals surface area contributed by atoms with Gasteiger partial charge in [0, 0.05) is 11.7 Å². The van der Waals surface area contributed by atoms with Crippen molar-refractivity contribution in [2.75, 3.05) is 16.8 Å². The molecule has 0 aliphatic carbocycles. The molecule has 3 rings (SSSR count). The molecule has 1 atom stereocenters. The molecule has 1 fully saturated rings. The lowest BCUT2D eigenvalue weighted by molar-refractivity contribution is 0.0936. The van der Waals surface area contributed by atoms with E-state index >= 15 is 0 Å². The Bertz CT molecular complexity index is 946. The average molecular weight is 382 g/mol. The fourth-order valence-corrected chi connectivity index (χ4v) is 4.31. The summed E-state index contributed by atoms with van der Waals surface area (Å²) in [5.74, 6) is -2.45. The van der Waals surface area contributed by atoms with Gasteiger partial charge in [-0.15, -0.1) is 0 Å². The fourth-order valence-electron chi connectivity index (χ4n) is 2.64. The summed E-state index contributed by atoms with van der Waals surface area (Å²) >= 11 is 0. The number of hydrogen-bond acceptors (Lipinski definition) is 6. The summed E-state index contributed by atoms with van der Waals surface area (Å²) in [7, 11) is -3.13. The van der Waals surface area contributed by atoms with Crippen LogP contribution in [0.4, 0.5) is 20.4 Å². The zero-order valence-corrected chi connectivity index (χ0v) is 14.6. The molecule has 1 saturated heterocycles. The first-order chi connectivity index (χ1) is 12.2. The van der Waals surface area contributed by atoms with Gasteiger partial charge in [0.15, 0.2) is 9.84 Å². The number of aryl methyl sites for hydroxylation is 1. The maximum Gasteiger partial charge on any atom is 0.270 e. The van der Waals surface area contributed by atoms with Crippen molar-refractivity contribution in [3.63, 3.8) is 0 Å². The Morgan fingerprint density at radius 3 is 2.54 bits per heavy atom. The minimum Gasteiger partial charge on any atom is -0.347 e. The maximum absolute atomic E-state index is 13.7. The van der Waals surface area contributed by atoms with Crippen LogP contribution in [-0.4, -0.2) is 41.8 Å². The SMILES string of the molecule is Cc1cc(C(=O)NC2CCS(=O)(=O)C2)nc(Nc2c(F)cccc2F)n1. The number of halogens is 2. The summed E-state index contributed by atoms with van der Waals surface area (Å²) in [5.41, 5.74) is -0.0455. The van der Waals surface area contributed by atoms with Gasteiger partial charge in [-0.2, -0.15) is 0 Å². The van der Waals surface area contributed by atoms with Crippen LogP contribution >= 0.6 is 0 Å². The van der Waals surface area contributed by atoms with Crippen LogP contribution in [0.2, 0.25) is 0 Å². The van der Waals surface area contributed by atoms with E-state index in [9.17, 15) is 22.0 Å². The highest BCUT2D eigenvalue weighted by Gasteiger charge is 2.29. The third-order valence-electron chi connectivity index (χ3n) is 3.85. The summed E-state index contributed by atoms with van der Waals surface area (Å²) in [4.78, 5) is 20.3. The minimum absolute atomic E-state index is 0.0268. The molecule has 0 radical (unpaired) electrons.